The van der Waals surface area contributed by atoms with Gasteiger partial charge in [0.05, 0.1) is 6.54 Å². The quantitative estimate of drug-likeness (QED) is 0.754. The first-order valence-electron chi connectivity index (χ1n) is 10.3. The number of aromatic nitrogens is 1. The Hall–Kier alpha value is -2.89. The first-order valence-corrected chi connectivity index (χ1v) is 10.3. The van der Waals surface area contributed by atoms with Crippen molar-refractivity contribution >= 4 is 23.4 Å². The van der Waals surface area contributed by atoms with Crippen LogP contribution in [0.5, 0.6) is 0 Å². The van der Waals surface area contributed by atoms with E-state index in [1.807, 2.05) is 30.5 Å². The largest absolute Gasteiger partial charge is 0.444 e. The molecule has 2 aromatic rings. The lowest BCUT2D eigenvalue weighted by molar-refractivity contribution is -0.117. The van der Waals surface area contributed by atoms with Crippen LogP contribution in [0.3, 0.4) is 0 Å². The highest BCUT2D eigenvalue weighted by molar-refractivity contribution is 5.89. The van der Waals surface area contributed by atoms with Gasteiger partial charge in [0.2, 0.25) is 0 Å². The summed E-state index contributed by atoms with van der Waals surface area (Å²) < 4.78 is 5.42. The molecule has 2 aliphatic heterocycles. The number of cyclic esters (lactones) is 1. The van der Waals surface area contributed by atoms with Crippen molar-refractivity contribution in [2.24, 2.45) is 5.92 Å². The van der Waals surface area contributed by atoms with Crippen molar-refractivity contribution in [2.45, 2.75) is 37.7 Å². The van der Waals surface area contributed by atoms with Crippen molar-refractivity contribution < 1.29 is 14.3 Å². The second kappa shape index (κ2) is 6.87. The lowest BCUT2D eigenvalue weighted by Gasteiger charge is -2.22. The van der Waals surface area contributed by atoms with Gasteiger partial charge in [-0.1, -0.05) is 18.2 Å². The predicted molar refractivity (Wildman–Crippen MR) is 110 cm³/mol. The summed E-state index contributed by atoms with van der Waals surface area (Å²) in [7, 11) is 0. The summed E-state index contributed by atoms with van der Waals surface area (Å²) in [5, 5.41) is 0. The Kier molecular flexibility index (Phi) is 4.30. The zero-order chi connectivity index (χ0) is 20.0. The Morgan fingerprint density at radius 1 is 1.21 bits per heavy atom. The molecule has 1 saturated carbocycles. The molecule has 2 saturated heterocycles. The second-order valence-electron chi connectivity index (χ2n) is 8.53. The molecular formula is C23H25N3O3. The Labute approximate surface area is 170 Å². The minimum absolute atomic E-state index is 0.124. The van der Waals surface area contributed by atoms with Gasteiger partial charge in [-0.25, -0.2) is 9.78 Å². The van der Waals surface area contributed by atoms with E-state index in [-0.39, 0.29) is 23.4 Å². The van der Waals surface area contributed by atoms with Gasteiger partial charge < -0.3 is 14.4 Å². The summed E-state index contributed by atoms with van der Waals surface area (Å²) >= 11 is 0. The number of piperidine rings is 1. The minimum atomic E-state index is -0.323. The third kappa shape index (κ3) is 3.26. The van der Waals surface area contributed by atoms with Gasteiger partial charge in [-0.05, 0) is 55.5 Å². The molecule has 150 valence electrons. The number of carbonyl (C=O) groups is 2. The average Bonchev–Trinajstić information content (AvgIpc) is 3.10. The van der Waals surface area contributed by atoms with E-state index in [0.717, 1.165) is 24.6 Å². The summed E-state index contributed by atoms with van der Waals surface area (Å²) in [6, 6.07) is 14.4. The smallest absolute Gasteiger partial charge is 0.414 e. The van der Waals surface area contributed by atoms with Crippen LogP contribution in [0.1, 0.15) is 31.7 Å². The Morgan fingerprint density at radius 3 is 2.76 bits per heavy atom. The Morgan fingerprint density at radius 2 is 2.03 bits per heavy atom. The zero-order valence-electron chi connectivity index (χ0n) is 16.6. The number of amides is 1. The third-order valence-corrected chi connectivity index (χ3v) is 6.57. The van der Waals surface area contributed by atoms with Gasteiger partial charge in [-0.3, -0.25) is 4.90 Å². The van der Waals surface area contributed by atoms with Crippen LogP contribution < -0.4 is 9.80 Å². The van der Waals surface area contributed by atoms with Gasteiger partial charge in [0.1, 0.15) is 17.7 Å². The van der Waals surface area contributed by atoms with E-state index in [0.29, 0.717) is 25.3 Å². The normalized spacial score (nSPS) is 27.7. The van der Waals surface area contributed by atoms with E-state index in [2.05, 4.69) is 28.1 Å². The highest BCUT2D eigenvalue weighted by Gasteiger charge is 2.61. The van der Waals surface area contributed by atoms with Crippen molar-refractivity contribution in [1.82, 2.24) is 4.98 Å². The number of rotatable bonds is 6. The molecule has 0 bridgehead atoms. The Balaban J connectivity index is 1.27. The standard InChI is InChI=1S/C23H25N3O3/c1-16(27)5-10-20-14-26(22(28)29-20)19-8-6-17(7-9-19)23-12-18(23)13-25(15-23)21-4-2-3-11-24-21/h2-4,6-9,11,18,20H,5,10,12-15H2,1H3/t18-,20-,23+/m0/s1. The van der Waals surface area contributed by atoms with Crippen LogP contribution in [0.15, 0.2) is 48.7 Å². The van der Waals surface area contributed by atoms with Gasteiger partial charge in [0, 0.05) is 36.8 Å². The molecule has 29 heavy (non-hydrogen) atoms. The topological polar surface area (TPSA) is 62.7 Å². The number of ether oxygens (including phenoxy) is 1. The summed E-state index contributed by atoms with van der Waals surface area (Å²) in [5.74, 6) is 1.84. The van der Waals surface area contributed by atoms with Gasteiger partial charge in [0.25, 0.3) is 0 Å². The highest BCUT2D eigenvalue weighted by atomic mass is 16.6. The molecule has 5 rings (SSSR count). The molecule has 1 aliphatic carbocycles. The lowest BCUT2D eigenvalue weighted by atomic mass is 9.94. The fourth-order valence-electron chi connectivity index (χ4n) is 4.87. The molecule has 0 radical (unpaired) electrons. The number of anilines is 2. The second-order valence-corrected chi connectivity index (χ2v) is 8.53. The van der Waals surface area contributed by atoms with Crippen LogP contribution in [0.25, 0.3) is 0 Å². The molecule has 3 atom stereocenters. The molecular weight excluding hydrogens is 366 g/mol. The number of pyridine rings is 1. The summed E-state index contributed by atoms with van der Waals surface area (Å²) in [6.45, 7) is 4.12. The molecule has 0 N–H and O–H groups in total. The van der Waals surface area contributed by atoms with Crippen LogP contribution in [0.4, 0.5) is 16.3 Å². The molecule has 3 fully saturated rings. The van der Waals surface area contributed by atoms with Crippen LogP contribution in [0.2, 0.25) is 0 Å². The van der Waals surface area contributed by atoms with Crippen molar-refractivity contribution in [2.75, 3.05) is 29.4 Å². The van der Waals surface area contributed by atoms with Crippen LogP contribution in [-0.2, 0) is 14.9 Å². The minimum Gasteiger partial charge on any atom is -0.444 e. The first-order chi connectivity index (χ1) is 14.0. The van der Waals surface area contributed by atoms with Gasteiger partial charge in [-0.2, -0.15) is 0 Å². The highest BCUT2D eigenvalue weighted by Crippen LogP contribution is 2.59. The summed E-state index contributed by atoms with van der Waals surface area (Å²) in [6.07, 6.45) is 3.56. The van der Waals surface area contributed by atoms with Crippen molar-refractivity contribution in [3.8, 4) is 0 Å². The van der Waals surface area contributed by atoms with E-state index in [9.17, 15) is 9.59 Å². The molecule has 1 aromatic heterocycles. The van der Waals surface area contributed by atoms with Crippen LogP contribution in [0, 0.1) is 5.92 Å². The van der Waals surface area contributed by atoms with Crippen molar-refractivity contribution in [3.63, 3.8) is 0 Å². The number of carbonyl (C=O) groups excluding carboxylic acids is 2. The van der Waals surface area contributed by atoms with Crippen molar-refractivity contribution in [3.05, 3.63) is 54.2 Å². The number of fused-ring (bicyclic) bond motifs is 1. The Bertz CT molecular complexity index is 930. The maximum Gasteiger partial charge on any atom is 0.414 e. The fraction of sp³-hybridized carbons (Fsp3) is 0.435. The predicted octanol–water partition coefficient (Wildman–Crippen LogP) is 3.55. The van der Waals surface area contributed by atoms with Gasteiger partial charge >= 0.3 is 6.09 Å². The fourth-order valence-corrected chi connectivity index (χ4v) is 4.87. The van der Waals surface area contributed by atoms with E-state index in [1.165, 1.54) is 12.0 Å². The SMILES string of the molecule is CC(=O)CC[C@H]1CN(c2ccc([C@]34C[C@H]3CN(c3ccccn3)C4)cc2)C(=O)O1. The van der Waals surface area contributed by atoms with Crippen LogP contribution >= 0.6 is 0 Å². The summed E-state index contributed by atoms with van der Waals surface area (Å²) in [5.41, 5.74) is 2.41. The maximum absolute atomic E-state index is 12.2. The van der Waals surface area contributed by atoms with Gasteiger partial charge in [0.15, 0.2) is 0 Å². The number of hydrogen-bond acceptors (Lipinski definition) is 5. The molecule has 0 spiro atoms. The average molecular weight is 391 g/mol. The lowest BCUT2D eigenvalue weighted by Crippen LogP contribution is -2.27. The number of ketones is 1. The molecule has 6 heteroatoms. The zero-order valence-corrected chi connectivity index (χ0v) is 16.6. The third-order valence-electron chi connectivity index (χ3n) is 6.57. The number of Topliss-reactive ketones (excluding diaryl/α,β-unsaturated/α-hetero) is 1. The van der Waals surface area contributed by atoms with E-state index in [4.69, 9.17) is 4.74 Å². The van der Waals surface area contributed by atoms with E-state index < -0.39 is 0 Å². The van der Waals surface area contributed by atoms with Crippen molar-refractivity contribution in [1.29, 1.82) is 0 Å². The van der Waals surface area contributed by atoms with Gasteiger partial charge in [-0.15, -0.1) is 0 Å². The van der Waals surface area contributed by atoms with E-state index >= 15 is 0 Å². The van der Waals surface area contributed by atoms with E-state index in [1.54, 1.807) is 11.8 Å². The maximum atomic E-state index is 12.2. The van der Waals surface area contributed by atoms with Crippen LogP contribution in [-0.4, -0.2) is 42.6 Å². The molecule has 6 nitrogen and oxygen atoms in total. The molecule has 3 aliphatic rings. The molecule has 1 aromatic carbocycles. The number of hydrogen-bond donors (Lipinski definition) is 0. The number of nitrogens with zero attached hydrogens (tertiary/aromatic N) is 3. The monoisotopic (exact) mass is 391 g/mol. The molecule has 0 unspecified atom stereocenters. The number of benzene rings is 1. The first kappa shape index (κ1) is 18.2. The molecule has 1 amide bonds. The molecule has 3 heterocycles. The summed E-state index contributed by atoms with van der Waals surface area (Å²) in [4.78, 5) is 32.0.